The number of carbonyl (C=O) groups is 4. The average Bonchev–Trinajstić information content (AvgIpc) is 3.30. The van der Waals surface area contributed by atoms with Crippen molar-refractivity contribution in [2.75, 3.05) is 7.11 Å². The summed E-state index contributed by atoms with van der Waals surface area (Å²) in [4.78, 5) is 56.5. The van der Waals surface area contributed by atoms with Crippen LogP contribution in [0.25, 0.3) is 0 Å². The number of hydrogen-bond acceptors (Lipinski definition) is 5. The molecule has 0 saturated heterocycles. The standard InChI is InChI=1S/C36H48N4O5/c1-7-28-24(4)29(37-25(28)5)18-19-33(41)38-31(21-26-14-10-8-11-15-26)35(43)39-30(20-23(2)3)34(42)40-32(36(44)45-6)22-27-16-12-9-13-17-27/h8-17,23,30-32,37H,7,18-22H2,1-6H3,(H,38,41)(H,39,43)(H,40,42)/t30-,31-,32-/m0/s1. The molecule has 3 rings (SSSR count). The van der Waals surface area contributed by atoms with Gasteiger partial charge >= 0.3 is 5.97 Å². The lowest BCUT2D eigenvalue weighted by atomic mass is 10.00. The summed E-state index contributed by atoms with van der Waals surface area (Å²) in [6.45, 7) is 10.1. The van der Waals surface area contributed by atoms with E-state index < -0.39 is 35.9 Å². The number of carbonyl (C=O) groups excluding carboxylic acids is 4. The Hall–Kier alpha value is -4.40. The molecule has 242 valence electrons. The molecule has 9 nitrogen and oxygen atoms in total. The van der Waals surface area contributed by atoms with Gasteiger partial charge in [-0.05, 0) is 61.3 Å². The summed E-state index contributed by atoms with van der Waals surface area (Å²) in [7, 11) is 1.28. The number of methoxy groups -OCH3 is 1. The highest BCUT2D eigenvalue weighted by atomic mass is 16.5. The zero-order valence-corrected chi connectivity index (χ0v) is 27.4. The Morgan fingerprint density at radius 3 is 1.82 bits per heavy atom. The molecule has 1 aromatic heterocycles. The van der Waals surface area contributed by atoms with Gasteiger partial charge in [0, 0.05) is 30.7 Å². The van der Waals surface area contributed by atoms with Crippen molar-refractivity contribution in [2.24, 2.45) is 5.92 Å². The molecule has 3 atom stereocenters. The van der Waals surface area contributed by atoms with Crippen LogP contribution >= 0.6 is 0 Å². The van der Waals surface area contributed by atoms with E-state index in [1.165, 1.54) is 18.2 Å². The van der Waals surface area contributed by atoms with Crippen molar-refractivity contribution in [1.82, 2.24) is 20.9 Å². The van der Waals surface area contributed by atoms with Gasteiger partial charge in [0.2, 0.25) is 17.7 Å². The highest BCUT2D eigenvalue weighted by molar-refractivity contribution is 5.93. The quantitative estimate of drug-likeness (QED) is 0.179. The van der Waals surface area contributed by atoms with Gasteiger partial charge in [-0.15, -0.1) is 0 Å². The van der Waals surface area contributed by atoms with Crippen LogP contribution in [-0.4, -0.2) is 53.9 Å². The minimum absolute atomic E-state index is 0.0643. The molecule has 0 spiro atoms. The number of amides is 3. The first kappa shape index (κ1) is 35.1. The normalized spacial score (nSPS) is 13.0. The summed E-state index contributed by atoms with van der Waals surface area (Å²) < 4.78 is 4.96. The maximum absolute atomic E-state index is 13.8. The van der Waals surface area contributed by atoms with E-state index in [0.717, 1.165) is 28.9 Å². The fraction of sp³-hybridized carbons (Fsp3) is 0.444. The molecule has 0 unspecified atom stereocenters. The molecule has 0 saturated carbocycles. The molecule has 2 aromatic carbocycles. The van der Waals surface area contributed by atoms with Crippen LogP contribution in [0.1, 0.15) is 67.3 Å². The number of benzene rings is 2. The second-order valence-electron chi connectivity index (χ2n) is 12.0. The lowest BCUT2D eigenvalue weighted by Crippen LogP contribution is -2.57. The van der Waals surface area contributed by atoms with Crippen molar-refractivity contribution < 1.29 is 23.9 Å². The Morgan fingerprint density at radius 1 is 0.778 bits per heavy atom. The van der Waals surface area contributed by atoms with Crippen LogP contribution in [0.15, 0.2) is 60.7 Å². The van der Waals surface area contributed by atoms with E-state index in [0.29, 0.717) is 12.8 Å². The summed E-state index contributed by atoms with van der Waals surface area (Å²) >= 11 is 0. The molecule has 0 radical (unpaired) electrons. The maximum atomic E-state index is 13.8. The SMILES string of the molecule is CCc1c(C)[nH]c(CCC(=O)N[C@@H](Cc2ccccc2)C(=O)N[C@@H](CC(C)C)C(=O)N[C@@H](Cc2ccccc2)C(=O)OC)c1C. The minimum atomic E-state index is -0.926. The molecule has 0 aliphatic rings. The van der Waals surface area contributed by atoms with Gasteiger partial charge in [0.25, 0.3) is 0 Å². The highest BCUT2D eigenvalue weighted by Gasteiger charge is 2.31. The molecule has 4 N–H and O–H groups in total. The number of esters is 1. The first-order valence-corrected chi connectivity index (χ1v) is 15.7. The smallest absolute Gasteiger partial charge is 0.328 e. The third kappa shape index (κ3) is 10.6. The molecular formula is C36H48N4O5. The Morgan fingerprint density at radius 2 is 1.31 bits per heavy atom. The van der Waals surface area contributed by atoms with Crippen LogP contribution in [0.3, 0.4) is 0 Å². The second-order valence-corrected chi connectivity index (χ2v) is 12.0. The van der Waals surface area contributed by atoms with Gasteiger partial charge in [-0.2, -0.15) is 0 Å². The van der Waals surface area contributed by atoms with Crippen molar-refractivity contribution in [2.45, 2.75) is 91.3 Å². The van der Waals surface area contributed by atoms with Gasteiger partial charge in [-0.25, -0.2) is 4.79 Å². The Kier molecular flexibility index (Phi) is 13.4. The summed E-state index contributed by atoms with van der Waals surface area (Å²) in [5, 5.41) is 8.59. The summed E-state index contributed by atoms with van der Waals surface area (Å²) in [5.41, 5.74) is 6.30. The lowest BCUT2D eigenvalue weighted by Gasteiger charge is -2.26. The van der Waals surface area contributed by atoms with Crippen LogP contribution in [0, 0.1) is 19.8 Å². The molecule has 0 fully saturated rings. The number of ether oxygens (including phenoxy) is 1. The topological polar surface area (TPSA) is 129 Å². The third-order valence-electron chi connectivity index (χ3n) is 8.01. The van der Waals surface area contributed by atoms with Gasteiger partial charge in [0.05, 0.1) is 7.11 Å². The highest BCUT2D eigenvalue weighted by Crippen LogP contribution is 2.19. The van der Waals surface area contributed by atoms with E-state index in [1.807, 2.05) is 81.4 Å². The van der Waals surface area contributed by atoms with E-state index in [2.05, 4.69) is 34.8 Å². The Balaban J connectivity index is 1.75. The van der Waals surface area contributed by atoms with Gasteiger partial charge < -0.3 is 25.7 Å². The molecule has 3 aromatic rings. The van der Waals surface area contributed by atoms with Crippen LogP contribution in [0.2, 0.25) is 0 Å². The number of hydrogen-bond donors (Lipinski definition) is 4. The van der Waals surface area contributed by atoms with Crippen LogP contribution in [0.5, 0.6) is 0 Å². The number of nitrogens with one attached hydrogen (secondary N) is 4. The molecule has 3 amide bonds. The number of rotatable bonds is 16. The summed E-state index contributed by atoms with van der Waals surface area (Å²) in [6.07, 6.45) is 2.48. The van der Waals surface area contributed by atoms with E-state index in [9.17, 15) is 19.2 Å². The molecule has 1 heterocycles. The van der Waals surface area contributed by atoms with Gasteiger partial charge in [0.15, 0.2) is 0 Å². The van der Waals surface area contributed by atoms with Crippen LogP contribution in [0.4, 0.5) is 0 Å². The molecule has 9 heteroatoms. The zero-order chi connectivity index (χ0) is 32.9. The van der Waals surface area contributed by atoms with Crippen molar-refractivity contribution >= 4 is 23.7 Å². The average molecular weight is 617 g/mol. The third-order valence-corrected chi connectivity index (χ3v) is 8.01. The van der Waals surface area contributed by atoms with E-state index in [4.69, 9.17) is 4.74 Å². The number of aromatic amines is 1. The minimum Gasteiger partial charge on any atom is -0.467 e. The van der Waals surface area contributed by atoms with Gasteiger partial charge in [-0.1, -0.05) is 81.4 Å². The maximum Gasteiger partial charge on any atom is 0.328 e. The van der Waals surface area contributed by atoms with E-state index in [-0.39, 0.29) is 31.1 Å². The summed E-state index contributed by atoms with van der Waals surface area (Å²) in [5.74, 6) is -1.72. The number of aryl methyl sites for hydroxylation is 2. The predicted octanol–water partition coefficient (Wildman–Crippen LogP) is 4.29. The van der Waals surface area contributed by atoms with Gasteiger partial charge in [0.1, 0.15) is 18.1 Å². The molecule has 45 heavy (non-hydrogen) atoms. The fourth-order valence-electron chi connectivity index (χ4n) is 5.64. The lowest BCUT2D eigenvalue weighted by molar-refractivity contribution is -0.145. The second kappa shape index (κ2) is 17.2. The Bertz CT molecular complexity index is 1420. The van der Waals surface area contributed by atoms with Crippen molar-refractivity contribution in [3.05, 3.63) is 94.3 Å². The predicted molar refractivity (Wildman–Crippen MR) is 176 cm³/mol. The molecule has 0 bridgehead atoms. The van der Waals surface area contributed by atoms with Crippen molar-refractivity contribution in [3.63, 3.8) is 0 Å². The zero-order valence-electron chi connectivity index (χ0n) is 27.4. The number of aromatic nitrogens is 1. The van der Waals surface area contributed by atoms with Crippen molar-refractivity contribution in [1.29, 1.82) is 0 Å². The van der Waals surface area contributed by atoms with E-state index in [1.54, 1.807) is 0 Å². The first-order valence-electron chi connectivity index (χ1n) is 15.7. The Labute approximate surface area is 266 Å². The molecule has 0 aliphatic carbocycles. The van der Waals surface area contributed by atoms with Gasteiger partial charge in [-0.3, -0.25) is 14.4 Å². The van der Waals surface area contributed by atoms with Crippen LogP contribution < -0.4 is 16.0 Å². The van der Waals surface area contributed by atoms with Crippen molar-refractivity contribution in [3.8, 4) is 0 Å². The largest absolute Gasteiger partial charge is 0.467 e. The molecule has 0 aliphatic heterocycles. The molecular weight excluding hydrogens is 568 g/mol. The first-order chi connectivity index (χ1) is 21.5. The number of H-pyrrole nitrogens is 1. The van der Waals surface area contributed by atoms with Crippen LogP contribution in [-0.2, 0) is 49.6 Å². The van der Waals surface area contributed by atoms with E-state index >= 15 is 0 Å². The monoisotopic (exact) mass is 616 g/mol. The summed E-state index contributed by atoms with van der Waals surface area (Å²) in [6, 6.07) is 16.0. The fourth-order valence-corrected chi connectivity index (χ4v) is 5.64.